The monoisotopic (exact) mass is 398 g/mol. The minimum Gasteiger partial charge on any atom is -0.444 e. The zero-order chi connectivity index (χ0) is 19.9. The average molecular weight is 399 g/mol. The van der Waals surface area contributed by atoms with E-state index in [9.17, 15) is 4.79 Å². The third-order valence-electron chi connectivity index (χ3n) is 5.38. The highest BCUT2D eigenvalue weighted by Gasteiger charge is 2.37. The number of rotatable bonds is 2. The Bertz CT molecular complexity index is 876. The number of carbonyl (C=O) groups is 1. The topological polar surface area (TPSA) is 32.8 Å². The predicted molar refractivity (Wildman–Crippen MR) is 113 cm³/mol. The molecular weight excluding hydrogens is 372 g/mol. The van der Waals surface area contributed by atoms with Gasteiger partial charge in [-0.05, 0) is 49.9 Å². The summed E-state index contributed by atoms with van der Waals surface area (Å²) < 4.78 is 5.63. The van der Waals surface area contributed by atoms with Crippen molar-refractivity contribution >= 4 is 23.4 Å². The van der Waals surface area contributed by atoms with Crippen LogP contribution in [0.3, 0.4) is 0 Å². The Morgan fingerprint density at radius 2 is 1.89 bits per heavy atom. The van der Waals surface area contributed by atoms with Gasteiger partial charge < -0.3 is 14.5 Å². The highest BCUT2D eigenvalue weighted by atomic mass is 35.5. The van der Waals surface area contributed by atoms with Crippen LogP contribution in [0.25, 0.3) is 0 Å². The highest BCUT2D eigenvalue weighted by Crippen LogP contribution is 2.45. The van der Waals surface area contributed by atoms with Crippen LogP contribution in [-0.4, -0.2) is 36.2 Å². The maximum atomic E-state index is 12.7. The molecule has 0 saturated carbocycles. The molecule has 0 saturated heterocycles. The molecule has 2 aliphatic rings. The van der Waals surface area contributed by atoms with Gasteiger partial charge in [-0.3, -0.25) is 0 Å². The first kappa shape index (κ1) is 19.1. The van der Waals surface area contributed by atoms with Crippen LogP contribution >= 0.6 is 11.6 Å². The van der Waals surface area contributed by atoms with Gasteiger partial charge in [-0.1, -0.05) is 48.0 Å². The van der Waals surface area contributed by atoms with Crippen LogP contribution in [0.5, 0.6) is 0 Å². The molecule has 5 heteroatoms. The summed E-state index contributed by atoms with van der Waals surface area (Å²) in [6.07, 6.45) is 0.600. The van der Waals surface area contributed by atoms with E-state index in [2.05, 4.69) is 35.2 Å². The second-order valence-electron chi connectivity index (χ2n) is 8.71. The van der Waals surface area contributed by atoms with E-state index in [1.54, 1.807) is 0 Å². The number of nitrogens with zero attached hydrogens (tertiary/aromatic N) is 2. The molecule has 0 aliphatic carbocycles. The van der Waals surface area contributed by atoms with Gasteiger partial charge in [0.2, 0.25) is 0 Å². The Balaban J connectivity index is 1.62. The molecule has 0 N–H and O–H groups in total. The quantitative estimate of drug-likeness (QED) is 0.693. The Morgan fingerprint density at radius 1 is 1.14 bits per heavy atom. The number of ether oxygens (including phenoxy) is 1. The van der Waals surface area contributed by atoms with Gasteiger partial charge in [0.25, 0.3) is 0 Å². The lowest BCUT2D eigenvalue weighted by Gasteiger charge is -2.28. The highest BCUT2D eigenvalue weighted by molar-refractivity contribution is 6.33. The molecule has 1 atom stereocenters. The Morgan fingerprint density at radius 3 is 2.61 bits per heavy atom. The van der Waals surface area contributed by atoms with Gasteiger partial charge in [0.05, 0.1) is 10.7 Å². The van der Waals surface area contributed by atoms with E-state index in [4.69, 9.17) is 16.3 Å². The summed E-state index contributed by atoms with van der Waals surface area (Å²) in [5.74, 6) is 0.252. The fraction of sp³-hybridized carbons (Fsp3) is 0.435. The van der Waals surface area contributed by atoms with Crippen LogP contribution in [0.1, 0.15) is 43.4 Å². The number of halogens is 1. The van der Waals surface area contributed by atoms with Crippen LogP contribution in [-0.2, 0) is 17.7 Å². The second kappa shape index (κ2) is 7.32. The Hall–Kier alpha value is -2.20. The Labute approximate surface area is 172 Å². The van der Waals surface area contributed by atoms with Crippen molar-refractivity contribution in [3.8, 4) is 0 Å². The maximum absolute atomic E-state index is 12.7. The first-order chi connectivity index (χ1) is 13.3. The molecule has 2 heterocycles. The van der Waals surface area contributed by atoms with E-state index in [1.165, 1.54) is 16.7 Å². The van der Waals surface area contributed by atoms with Crippen molar-refractivity contribution in [1.29, 1.82) is 0 Å². The molecule has 0 unspecified atom stereocenters. The van der Waals surface area contributed by atoms with Gasteiger partial charge in [-0.2, -0.15) is 0 Å². The van der Waals surface area contributed by atoms with Crippen molar-refractivity contribution in [2.45, 2.75) is 45.3 Å². The van der Waals surface area contributed by atoms with Gasteiger partial charge >= 0.3 is 6.09 Å². The zero-order valence-electron chi connectivity index (χ0n) is 16.7. The van der Waals surface area contributed by atoms with Crippen molar-refractivity contribution < 1.29 is 9.53 Å². The second-order valence-corrected chi connectivity index (χ2v) is 9.12. The fourth-order valence-electron chi connectivity index (χ4n) is 4.27. The predicted octanol–water partition coefficient (Wildman–Crippen LogP) is 5.24. The summed E-state index contributed by atoms with van der Waals surface area (Å²) in [7, 11) is 0. The summed E-state index contributed by atoms with van der Waals surface area (Å²) in [6.45, 7) is 8.75. The van der Waals surface area contributed by atoms with Gasteiger partial charge in [0.1, 0.15) is 5.60 Å². The Kier molecular flexibility index (Phi) is 5.00. The molecule has 0 radical (unpaired) electrons. The summed E-state index contributed by atoms with van der Waals surface area (Å²) >= 11 is 6.64. The number of amides is 1. The standard InChI is InChI=1S/C23H27ClN2O2/c1-23(2,3)28-22(27)25-12-11-17-9-10-19(24)21-20(17)18(14-25)15-26(21)13-16-7-5-4-6-8-16/h4-10,18H,11-15H2,1-3H3/t18-/m0/s1. The van der Waals surface area contributed by atoms with E-state index in [1.807, 2.05) is 37.8 Å². The lowest BCUT2D eigenvalue weighted by Crippen LogP contribution is -2.40. The SMILES string of the molecule is CC(C)(C)OC(=O)N1CCc2ccc(Cl)c3c2[C@@H](C1)CN3Cc1ccccc1. The van der Waals surface area contributed by atoms with Crippen LogP contribution in [0.4, 0.5) is 10.5 Å². The van der Waals surface area contributed by atoms with Crippen LogP contribution in [0.15, 0.2) is 42.5 Å². The largest absolute Gasteiger partial charge is 0.444 e. The molecular formula is C23H27ClN2O2. The normalized spacial score (nSPS) is 18.6. The molecule has 0 bridgehead atoms. The summed E-state index contributed by atoms with van der Waals surface area (Å²) in [5, 5.41) is 0.794. The van der Waals surface area contributed by atoms with Gasteiger partial charge in [-0.25, -0.2) is 4.79 Å². The number of hydrogen-bond acceptors (Lipinski definition) is 3. The van der Waals surface area contributed by atoms with Crippen LogP contribution < -0.4 is 4.90 Å². The smallest absolute Gasteiger partial charge is 0.410 e. The molecule has 2 aliphatic heterocycles. The van der Waals surface area contributed by atoms with Crippen molar-refractivity contribution in [2.75, 3.05) is 24.5 Å². The van der Waals surface area contributed by atoms with E-state index in [-0.39, 0.29) is 12.0 Å². The first-order valence-electron chi connectivity index (χ1n) is 9.90. The van der Waals surface area contributed by atoms with Crippen LogP contribution in [0.2, 0.25) is 5.02 Å². The van der Waals surface area contributed by atoms with Gasteiger partial charge in [0.15, 0.2) is 0 Å². The third kappa shape index (κ3) is 3.83. The number of hydrogen-bond donors (Lipinski definition) is 0. The minimum atomic E-state index is -0.486. The van der Waals surface area contributed by atoms with E-state index in [0.717, 1.165) is 30.2 Å². The lowest BCUT2D eigenvalue weighted by molar-refractivity contribution is 0.0247. The fourth-order valence-corrected chi connectivity index (χ4v) is 4.55. The van der Waals surface area contributed by atoms with Gasteiger partial charge in [-0.15, -0.1) is 0 Å². The molecule has 1 amide bonds. The molecule has 4 nitrogen and oxygen atoms in total. The summed E-state index contributed by atoms with van der Waals surface area (Å²) in [6, 6.07) is 14.6. The number of benzene rings is 2. The lowest BCUT2D eigenvalue weighted by atomic mass is 9.95. The number of anilines is 1. The minimum absolute atomic E-state index is 0.227. The molecule has 148 valence electrons. The molecule has 28 heavy (non-hydrogen) atoms. The van der Waals surface area contributed by atoms with E-state index < -0.39 is 5.60 Å². The average Bonchev–Trinajstić information content (AvgIpc) is 2.87. The summed E-state index contributed by atoms with van der Waals surface area (Å²) in [4.78, 5) is 16.9. The summed E-state index contributed by atoms with van der Waals surface area (Å²) in [5.41, 5.74) is 4.52. The molecule has 2 aromatic carbocycles. The van der Waals surface area contributed by atoms with Crippen molar-refractivity contribution in [3.63, 3.8) is 0 Å². The molecule has 0 fully saturated rings. The zero-order valence-corrected chi connectivity index (χ0v) is 17.5. The van der Waals surface area contributed by atoms with Crippen molar-refractivity contribution in [2.24, 2.45) is 0 Å². The first-order valence-corrected chi connectivity index (χ1v) is 10.3. The van der Waals surface area contributed by atoms with E-state index >= 15 is 0 Å². The van der Waals surface area contributed by atoms with Crippen molar-refractivity contribution in [3.05, 3.63) is 64.2 Å². The molecule has 0 spiro atoms. The number of carbonyl (C=O) groups excluding carboxylic acids is 1. The third-order valence-corrected chi connectivity index (χ3v) is 5.69. The molecule has 2 aromatic rings. The molecule has 0 aromatic heterocycles. The van der Waals surface area contributed by atoms with Crippen molar-refractivity contribution in [1.82, 2.24) is 4.90 Å². The van der Waals surface area contributed by atoms with E-state index in [0.29, 0.717) is 13.1 Å². The van der Waals surface area contributed by atoms with Crippen LogP contribution in [0, 0.1) is 0 Å². The maximum Gasteiger partial charge on any atom is 0.410 e. The molecule has 4 rings (SSSR count). The van der Waals surface area contributed by atoms with Gasteiger partial charge in [0, 0.05) is 32.1 Å².